The molecule has 0 aliphatic heterocycles. The first-order chi connectivity index (χ1) is 8.71. The molecule has 1 aromatic heterocycles. The van der Waals surface area contributed by atoms with Crippen LogP contribution in [0.15, 0.2) is 12.1 Å². The zero-order valence-electron chi connectivity index (χ0n) is 11.6. The highest BCUT2D eigenvalue weighted by atomic mass is 35.5. The number of alkyl halides is 1. The van der Waals surface area contributed by atoms with E-state index in [0.717, 1.165) is 49.7 Å². The fourth-order valence-corrected chi connectivity index (χ4v) is 1.90. The zero-order valence-corrected chi connectivity index (χ0v) is 12.3. The smallest absolute Gasteiger partial charge is 0.128 e. The normalized spacial score (nSPS) is 10.7. The van der Waals surface area contributed by atoms with Gasteiger partial charge in [0.15, 0.2) is 0 Å². The first kappa shape index (κ1) is 15.3. The van der Waals surface area contributed by atoms with Gasteiger partial charge in [0.1, 0.15) is 5.82 Å². The molecular formula is C14H23ClN2O. The number of pyridine rings is 1. The van der Waals surface area contributed by atoms with E-state index in [-0.39, 0.29) is 0 Å². The second kappa shape index (κ2) is 8.33. The van der Waals surface area contributed by atoms with Gasteiger partial charge in [0.25, 0.3) is 0 Å². The molecule has 1 aromatic rings. The third-order valence-corrected chi connectivity index (χ3v) is 3.06. The molecule has 1 rings (SSSR count). The van der Waals surface area contributed by atoms with Gasteiger partial charge in [-0.1, -0.05) is 13.3 Å². The van der Waals surface area contributed by atoms with E-state index in [1.807, 2.05) is 14.0 Å². The van der Waals surface area contributed by atoms with Gasteiger partial charge >= 0.3 is 0 Å². The number of halogens is 1. The molecule has 0 aromatic carbocycles. The molecule has 0 fully saturated rings. The average Bonchev–Trinajstić information content (AvgIpc) is 2.39. The second-order valence-electron chi connectivity index (χ2n) is 4.33. The van der Waals surface area contributed by atoms with Crippen LogP contribution in [-0.2, 0) is 17.0 Å². The van der Waals surface area contributed by atoms with E-state index in [1.165, 1.54) is 0 Å². The Kier molecular flexibility index (Phi) is 7.06. The van der Waals surface area contributed by atoms with Crippen molar-refractivity contribution < 1.29 is 4.74 Å². The minimum absolute atomic E-state index is 0.533. The lowest BCUT2D eigenvalue weighted by Crippen LogP contribution is -2.24. The lowest BCUT2D eigenvalue weighted by molar-refractivity contribution is 0.154. The second-order valence-corrected chi connectivity index (χ2v) is 4.59. The molecule has 0 unspecified atom stereocenters. The molecule has 0 saturated heterocycles. The maximum Gasteiger partial charge on any atom is 0.128 e. The summed E-state index contributed by atoms with van der Waals surface area (Å²) in [6, 6.07) is 4.15. The summed E-state index contributed by atoms with van der Waals surface area (Å²) in [6.45, 7) is 6.49. The number of aryl methyl sites for hydroxylation is 1. The molecule has 0 saturated carbocycles. The van der Waals surface area contributed by atoms with Gasteiger partial charge < -0.3 is 9.64 Å². The van der Waals surface area contributed by atoms with Gasteiger partial charge in [-0.3, -0.25) is 0 Å². The van der Waals surface area contributed by atoms with E-state index in [0.29, 0.717) is 5.88 Å². The number of ether oxygens (including phenoxy) is 1. The largest absolute Gasteiger partial charge is 0.380 e. The van der Waals surface area contributed by atoms with Crippen molar-refractivity contribution in [1.29, 1.82) is 0 Å². The van der Waals surface area contributed by atoms with Crippen LogP contribution in [0.1, 0.15) is 31.5 Å². The molecule has 0 spiro atoms. The highest BCUT2D eigenvalue weighted by Crippen LogP contribution is 2.16. The zero-order chi connectivity index (χ0) is 13.4. The predicted octanol–water partition coefficient (Wildman–Crippen LogP) is 3.25. The molecule has 4 heteroatoms. The lowest BCUT2D eigenvalue weighted by atomic mass is 10.2. The van der Waals surface area contributed by atoms with Crippen LogP contribution < -0.4 is 4.90 Å². The summed E-state index contributed by atoms with van der Waals surface area (Å²) in [7, 11) is 2.04. The van der Waals surface area contributed by atoms with Crippen molar-refractivity contribution in [2.24, 2.45) is 0 Å². The van der Waals surface area contributed by atoms with Crippen LogP contribution in [0.25, 0.3) is 0 Å². The summed E-state index contributed by atoms with van der Waals surface area (Å²) in [6.07, 6.45) is 2.10. The lowest BCUT2D eigenvalue weighted by Gasteiger charge is -2.19. The summed E-state index contributed by atoms with van der Waals surface area (Å²) in [5, 5.41) is 0. The molecule has 0 radical (unpaired) electrons. The van der Waals surface area contributed by atoms with Gasteiger partial charge in [0.2, 0.25) is 0 Å². The maximum absolute atomic E-state index is 5.93. The first-order valence-corrected chi connectivity index (χ1v) is 7.09. The van der Waals surface area contributed by atoms with E-state index in [2.05, 4.69) is 28.9 Å². The van der Waals surface area contributed by atoms with Gasteiger partial charge in [-0.25, -0.2) is 4.98 Å². The molecule has 1 heterocycles. The van der Waals surface area contributed by atoms with Gasteiger partial charge in [-0.2, -0.15) is 0 Å². The molecule has 0 N–H and O–H groups in total. The van der Waals surface area contributed by atoms with Crippen molar-refractivity contribution in [1.82, 2.24) is 4.98 Å². The molecular weight excluding hydrogens is 248 g/mol. The van der Waals surface area contributed by atoms with Crippen molar-refractivity contribution in [2.75, 3.05) is 31.7 Å². The Hall–Kier alpha value is -0.800. The molecule has 0 bridgehead atoms. The number of likely N-dealkylation sites (N-methyl/N-ethyl adjacent to an activating group) is 1. The van der Waals surface area contributed by atoms with Crippen LogP contribution in [0.2, 0.25) is 0 Å². The van der Waals surface area contributed by atoms with E-state index >= 15 is 0 Å². The summed E-state index contributed by atoms with van der Waals surface area (Å²) < 4.78 is 5.36. The Morgan fingerprint density at radius 2 is 2.11 bits per heavy atom. The van der Waals surface area contributed by atoms with Crippen molar-refractivity contribution in [2.45, 2.75) is 32.6 Å². The Labute approximate surface area is 115 Å². The predicted molar refractivity (Wildman–Crippen MR) is 77.6 cm³/mol. The number of anilines is 1. The number of nitrogens with zero attached hydrogens (tertiary/aromatic N) is 2. The van der Waals surface area contributed by atoms with Gasteiger partial charge in [-0.05, 0) is 31.0 Å². The van der Waals surface area contributed by atoms with Gasteiger partial charge in [0, 0.05) is 31.8 Å². The Balaban J connectivity index is 2.75. The van der Waals surface area contributed by atoms with E-state index < -0.39 is 0 Å². The minimum atomic E-state index is 0.533. The quantitative estimate of drug-likeness (QED) is 0.536. The van der Waals surface area contributed by atoms with E-state index in [1.54, 1.807) is 0 Å². The number of aromatic nitrogens is 1. The summed E-state index contributed by atoms with van der Waals surface area (Å²) in [5.74, 6) is 1.52. The van der Waals surface area contributed by atoms with Crippen LogP contribution in [0.3, 0.4) is 0 Å². The molecule has 0 atom stereocenters. The maximum atomic E-state index is 5.93. The molecule has 18 heavy (non-hydrogen) atoms. The number of hydrogen-bond donors (Lipinski definition) is 0. The van der Waals surface area contributed by atoms with Crippen LogP contribution in [0, 0.1) is 0 Å². The van der Waals surface area contributed by atoms with E-state index in [4.69, 9.17) is 16.3 Å². The molecule has 3 nitrogen and oxygen atoms in total. The first-order valence-electron chi connectivity index (χ1n) is 6.55. The molecule has 0 aliphatic carbocycles. The molecule has 102 valence electrons. The molecule has 0 aliphatic rings. The van der Waals surface area contributed by atoms with Crippen molar-refractivity contribution in [3.8, 4) is 0 Å². The topological polar surface area (TPSA) is 25.4 Å². The summed E-state index contributed by atoms with van der Waals surface area (Å²) in [5.41, 5.74) is 2.25. The summed E-state index contributed by atoms with van der Waals surface area (Å²) in [4.78, 5) is 6.78. The molecule has 0 amide bonds. The highest BCUT2D eigenvalue weighted by Gasteiger charge is 2.06. The fourth-order valence-electron chi connectivity index (χ4n) is 1.75. The van der Waals surface area contributed by atoms with Gasteiger partial charge in [0.05, 0.1) is 6.61 Å². The number of hydrogen-bond acceptors (Lipinski definition) is 3. The average molecular weight is 271 g/mol. The fraction of sp³-hybridized carbons (Fsp3) is 0.643. The van der Waals surface area contributed by atoms with Crippen molar-refractivity contribution in [3.05, 3.63) is 23.4 Å². The third kappa shape index (κ3) is 4.83. The Morgan fingerprint density at radius 1 is 1.33 bits per heavy atom. The van der Waals surface area contributed by atoms with Gasteiger partial charge in [-0.15, -0.1) is 11.6 Å². The van der Waals surface area contributed by atoms with Crippen LogP contribution in [-0.4, -0.2) is 31.8 Å². The van der Waals surface area contributed by atoms with Crippen LogP contribution in [0.4, 0.5) is 5.82 Å². The van der Waals surface area contributed by atoms with Crippen LogP contribution >= 0.6 is 11.6 Å². The van der Waals surface area contributed by atoms with E-state index in [9.17, 15) is 0 Å². The van der Waals surface area contributed by atoms with Crippen LogP contribution in [0.5, 0.6) is 0 Å². The third-order valence-electron chi connectivity index (χ3n) is 2.75. The monoisotopic (exact) mass is 270 g/mol. The highest BCUT2D eigenvalue weighted by molar-refractivity contribution is 6.17. The minimum Gasteiger partial charge on any atom is -0.380 e. The summed E-state index contributed by atoms with van der Waals surface area (Å²) >= 11 is 5.93. The SMILES string of the molecule is CCCc1cc(CCl)cc(N(C)CCOCC)n1. The standard InChI is InChI=1S/C14H23ClN2O/c1-4-6-13-9-12(11-15)10-14(16-13)17(3)7-8-18-5-2/h9-10H,4-8,11H2,1-3H3. The Bertz CT molecular complexity index is 358. The van der Waals surface area contributed by atoms with Crippen molar-refractivity contribution in [3.63, 3.8) is 0 Å². The van der Waals surface area contributed by atoms with Crippen molar-refractivity contribution >= 4 is 17.4 Å². The Morgan fingerprint density at radius 3 is 2.72 bits per heavy atom. The number of rotatable bonds is 8.